The van der Waals surface area contributed by atoms with Gasteiger partial charge < -0.3 is 5.11 Å². The van der Waals surface area contributed by atoms with Gasteiger partial charge in [0.2, 0.25) is 5.91 Å². The molecule has 1 amide bonds. The minimum atomic E-state index is -0.158. The van der Waals surface area contributed by atoms with Gasteiger partial charge in [0.1, 0.15) is 0 Å². The van der Waals surface area contributed by atoms with Gasteiger partial charge >= 0.3 is 0 Å². The van der Waals surface area contributed by atoms with E-state index in [4.69, 9.17) is 0 Å². The summed E-state index contributed by atoms with van der Waals surface area (Å²) in [7, 11) is 0. The van der Waals surface area contributed by atoms with Gasteiger partial charge in [0, 0.05) is 22.9 Å². The van der Waals surface area contributed by atoms with E-state index < -0.39 is 0 Å². The molecule has 3 aromatic carbocycles. The number of fused-ring (bicyclic) bond motifs is 3. The van der Waals surface area contributed by atoms with E-state index in [1.54, 1.807) is 39.4 Å². The second-order valence-electron chi connectivity index (χ2n) is 7.50. The number of carbonyl (C=O) groups is 1. The topological polar surface area (TPSA) is 75.4 Å². The van der Waals surface area contributed by atoms with Gasteiger partial charge in [-0.3, -0.25) is 19.1 Å². The maximum absolute atomic E-state index is 13.5. The Morgan fingerprint density at radius 2 is 1.58 bits per heavy atom. The summed E-state index contributed by atoms with van der Waals surface area (Å²) in [5, 5.41) is 10.3. The zero-order valence-electron chi connectivity index (χ0n) is 17.7. The van der Waals surface area contributed by atoms with Crippen molar-refractivity contribution in [2.45, 2.75) is 27.9 Å². The first-order valence-electron chi connectivity index (χ1n) is 10.6. The number of nitrogens with zero attached hydrogens (tertiary/aromatic N) is 3. The Bertz CT molecular complexity index is 1360. The maximum Gasteiger partial charge on any atom is 0.262 e. The van der Waals surface area contributed by atoms with Crippen LogP contribution in [0.1, 0.15) is 6.42 Å². The van der Waals surface area contributed by atoms with E-state index in [0.717, 1.165) is 21.2 Å². The molecule has 2 heterocycles. The molecule has 0 aliphatic carbocycles. The third kappa shape index (κ3) is 4.17. The summed E-state index contributed by atoms with van der Waals surface area (Å²) < 4.78 is 1.56. The van der Waals surface area contributed by atoms with Gasteiger partial charge in [0.05, 0.1) is 28.0 Å². The highest BCUT2D eigenvalue weighted by atomic mass is 32.2. The number of carbonyl (C=O) groups excluding carboxylic acids is 1. The van der Waals surface area contributed by atoms with Crippen LogP contribution in [0.2, 0.25) is 0 Å². The van der Waals surface area contributed by atoms with Crippen LogP contribution >= 0.6 is 23.5 Å². The number of rotatable bonds is 6. The number of benzene rings is 3. The van der Waals surface area contributed by atoms with Crippen LogP contribution in [0, 0.1) is 0 Å². The minimum Gasteiger partial charge on any atom is -0.396 e. The summed E-state index contributed by atoms with van der Waals surface area (Å²) in [5.74, 6) is 0.0355. The molecule has 0 unspecified atom stereocenters. The van der Waals surface area contributed by atoms with Gasteiger partial charge in [-0.25, -0.2) is 4.98 Å². The summed E-state index contributed by atoms with van der Waals surface area (Å²) in [4.78, 5) is 35.0. The quantitative estimate of drug-likeness (QED) is 0.322. The normalized spacial score (nSPS) is 12.5. The van der Waals surface area contributed by atoms with Crippen molar-refractivity contribution >= 4 is 51.7 Å². The number of thioether (sulfide) groups is 1. The maximum atomic E-state index is 13.5. The molecule has 6 nitrogen and oxygen atoms in total. The van der Waals surface area contributed by atoms with Gasteiger partial charge in [0.25, 0.3) is 5.56 Å². The Morgan fingerprint density at radius 3 is 2.27 bits per heavy atom. The lowest BCUT2D eigenvalue weighted by Crippen LogP contribution is -2.30. The Morgan fingerprint density at radius 1 is 0.939 bits per heavy atom. The van der Waals surface area contributed by atoms with Crippen LogP contribution in [0.5, 0.6) is 0 Å². The van der Waals surface area contributed by atoms with Crippen molar-refractivity contribution in [3.8, 4) is 0 Å². The molecular formula is C25H21N3O3S2. The van der Waals surface area contributed by atoms with E-state index in [-0.39, 0.29) is 23.8 Å². The van der Waals surface area contributed by atoms with E-state index in [2.05, 4.69) is 4.98 Å². The van der Waals surface area contributed by atoms with Gasteiger partial charge in [-0.1, -0.05) is 59.9 Å². The van der Waals surface area contributed by atoms with Gasteiger partial charge in [-0.05, 0) is 42.8 Å². The average Bonchev–Trinajstić information content (AvgIpc) is 2.85. The Kier molecular flexibility index (Phi) is 6.22. The smallest absolute Gasteiger partial charge is 0.262 e. The fraction of sp³-hybridized carbons (Fsp3) is 0.160. The SMILES string of the molecule is O=C(CSc1nc2ccccc2c(=O)n1CCCO)N1c2ccccc2Sc2ccccc21. The van der Waals surface area contributed by atoms with Gasteiger partial charge in [-0.15, -0.1) is 0 Å². The van der Waals surface area contributed by atoms with Gasteiger partial charge in [0.15, 0.2) is 5.16 Å². The molecule has 4 aromatic rings. The number of aliphatic hydroxyl groups is 1. The largest absolute Gasteiger partial charge is 0.396 e. The zero-order chi connectivity index (χ0) is 22.8. The summed E-state index contributed by atoms with van der Waals surface area (Å²) in [6.45, 7) is 0.316. The Labute approximate surface area is 199 Å². The highest BCUT2D eigenvalue weighted by Gasteiger charge is 2.28. The first-order valence-corrected chi connectivity index (χ1v) is 12.4. The molecule has 1 N–H and O–H groups in total. The third-order valence-electron chi connectivity index (χ3n) is 5.37. The van der Waals surface area contributed by atoms with Crippen LogP contribution in [0.15, 0.2) is 92.5 Å². The molecule has 0 saturated carbocycles. The van der Waals surface area contributed by atoms with E-state index >= 15 is 0 Å². The molecule has 0 atom stereocenters. The van der Waals surface area contributed by atoms with E-state index in [1.165, 1.54) is 11.8 Å². The van der Waals surface area contributed by atoms with Crippen LogP contribution in [0.3, 0.4) is 0 Å². The van der Waals surface area contributed by atoms with Crippen molar-refractivity contribution in [3.05, 3.63) is 83.2 Å². The lowest BCUT2D eigenvalue weighted by Gasteiger charge is -2.31. The van der Waals surface area contributed by atoms with Crippen molar-refractivity contribution in [1.29, 1.82) is 0 Å². The molecule has 5 rings (SSSR count). The number of para-hydroxylation sites is 3. The molecule has 33 heavy (non-hydrogen) atoms. The highest BCUT2D eigenvalue weighted by Crippen LogP contribution is 2.48. The lowest BCUT2D eigenvalue weighted by molar-refractivity contribution is -0.115. The van der Waals surface area contributed by atoms with Crippen molar-refractivity contribution < 1.29 is 9.90 Å². The molecule has 1 aliphatic rings. The predicted molar refractivity (Wildman–Crippen MR) is 133 cm³/mol. The number of aliphatic hydroxyl groups excluding tert-OH is 1. The summed E-state index contributed by atoms with van der Waals surface area (Å²) in [6.07, 6.45) is 0.436. The molecule has 0 radical (unpaired) electrons. The minimum absolute atomic E-state index is 0.0265. The van der Waals surface area contributed by atoms with Gasteiger partial charge in [-0.2, -0.15) is 0 Å². The standard InChI is InChI=1S/C25H21N3O3S2/c29-15-7-14-27-24(31)17-8-1-2-9-18(17)26-25(27)32-16-23(30)28-19-10-3-5-12-21(19)33-22-13-6-4-11-20(22)28/h1-6,8-13,29H,7,14-16H2. The highest BCUT2D eigenvalue weighted by molar-refractivity contribution is 8.00. The average molecular weight is 476 g/mol. The molecule has 1 aliphatic heterocycles. The molecule has 0 saturated heterocycles. The van der Waals surface area contributed by atoms with Crippen LogP contribution in [0.4, 0.5) is 11.4 Å². The van der Waals surface area contributed by atoms with Crippen LogP contribution in [-0.2, 0) is 11.3 Å². The van der Waals surface area contributed by atoms with Crippen LogP contribution in [0.25, 0.3) is 10.9 Å². The van der Waals surface area contributed by atoms with E-state index in [1.807, 2.05) is 54.6 Å². The Hall–Kier alpha value is -3.07. The predicted octanol–water partition coefficient (Wildman–Crippen LogP) is 4.70. The number of hydrogen-bond donors (Lipinski definition) is 1. The van der Waals surface area contributed by atoms with Crippen LogP contribution in [-0.4, -0.2) is 32.9 Å². The van der Waals surface area contributed by atoms with Crippen molar-refractivity contribution in [1.82, 2.24) is 9.55 Å². The summed E-state index contributed by atoms with van der Waals surface area (Å²) in [5.41, 5.74) is 2.16. The second-order valence-corrected chi connectivity index (χ2v) is 9.53. The molecule has 0 fully saturated rings. The molecule has 1 aromatic heterocycles. The fourth-order valence-corrected chi connectivity index (χ4v) is 5.78. The second kappa shape index (κ2) is 9.43. The number of hydrogen-bond acceptors (Lipinski definition) is 6. The van der Waals surface area contributed by atoms with Crippen molar-refractivity contribution in [2.24, 2.45) is 0 Å². The van der Waals surface area contributed by atoms with E-state index in [0.29, 0.717) is 29.0 Å². The van der Waals surface area contributed by atoms with Crippen molar-refractivity contribution in [2.75, 3.05) is 17.3 Å². The molecule has 8 heteroatoms. The van der Waals surface area contributed by atoms with E-state index in [9.17, 15) is 14.7 Å². The fourth-order valence-electron chi connectivity index (χ4n) is 3.85. The monoisotopic (exact) mass is 475 g/mol. The molecule has 0 spiro atoms. The lowest BCUT2D eigenvalue weighted by atomic mass is 10.2. The molecular weight excluding hydrogens is 454 g/mol. The number of amides is 1. The zero-order valence-corrected chi connectivity index (χ0v) is 19.3. The molecule has 166 valence electrons. The molecule has 0 bridgehead atoms. The summed E-state index contributed by atoms with van der Waals surface area (Å²) in [6, 6.07) is 22.9. The first kappa shape index (κ1) is 21.8. The first-order chi connectivity index (χ1) is 16.2. The Balaban J connectivity index is 1.48. The number of aromatic nitrogens is 2. The summed E-state index contributed by atoms with van der Waals surface area (Å²) >= 11 is 2.90. The van der Waals surface area contributed by atoms with Crippen LogP contribution < -0.4 is 10.5 Å². The van der Waals surface area contributed by atoms with Crippen molar-refractivity contribution in [3.63, 3.8) is 0 Å². The number of anilines is 2. The third-order valence-corrected chi connectivity index (χ3v) is 7.46.